The van der Waals surface area contributed by atoms with Gasteiger partial charge >= 0.3 is 5.97 Å². The number of nitrogens with zero attached hydrogens (tertiary/aromatic N) is 1. The first-order chi connectivity index (χ1) is 8.29. The Labute approximate surface area is 114 Å². The van der Waals surface area contributed by atoms with Crippen LogP contribution in [-0.2, 0) is 14.3 Å². The Kier molecular flexibility index (Phi) is 8.07. The third-order valence-corrected chi connectivity index (χ3v) is 3.72. The van der Waals surface area contributed by atoms with E-state index < -0.39 is 0 Å². The SMILES string of the molecule is COC(=O)CC(C)SCC(=O)N(C(C)C)C(C)C. The number of amides is 1. The van der Waals surface area contributed by atoms with E-state index in [0.717, 1.165) is 0 Å². The number of esters is 1. The second-order valence-electron chi connectivity index (χ2n) is 4.89. The molecule has 0 aromatic heterocycles. The molecule has 1 unspecified atom stereocenters. The van der Waals surface area contributed by atoms with E-state index in [-0.39, 0.29) is 29.2 Å². The van der Waals surface area contributed by atoms with Crippen LogP contribution < -0.4 is 0 Å². The zero-order valence-corrected chi connectivity index (χ0v) is 13.0. The van der Waals surface area contributed by atoms with Gasteiger partial charge in [0, 0.05) is 17.3 Å². The van der Waals surface area contributed by atoms with Gasteiger partial charge in [-0.1, -0.05) is 6.92 Å². The molecule has 4 nitrogen and oxygen atoms in total. The van der Waals surface area contributed by atoms with Gasteiger partial charge in [0.15, 0.2) is 0 Å². The molecule has 0 fully saturated rings. The Hall–Kier alpha value is -0.710. The van der Waals surface area contributed by atoms with Gasteiger partial charge in [0.05, 0.1) is 19.3 Å². The maximum atomic E-state index is 12.1. The van der Waals surface area contributed by atoms with E-state index in [1.807, 2.05) is 39.5 Å². The molecule has 0 aromatic rings. The maximum Gasteiger partial charge on any atom is 0.306 e. The molecule has 0 aliphatic rings. The van der Waals surface area contributed by atoms with Crippen LogP contribution in [0, 0.1) is 0 Å². The minimum atomic E-state index is -0.230. The van der Waals surface area contributed by atoms with Gasteiger partial charge in [0.1, 0.15) is 0 Å². The number of hydrogen-bond acceptors (Lipinski definition) is 4. The predicted octanol–water partition coefficient (Wildman–Crippen LogP) is 2.32. The topological polar surface area (TPSA) is 46.6 Å². The third kappa shape index (κ3) is 6.28. The number of hydrogen-bond donors (Lipinski definition) is 0. The summed E-state index contributed by atoms with van der Waals surface area (Å²) < 4.78 is 4.60. The molecule has 1 atom stereocenters. The minimum absolute atomic E-state index is 0.0996. The molecule has 0 rings (SSSR count). The van der Waals surface area contributed by atoms with Gasteiger partial charge in [0.25, 0.3) is 0 Å². The van der Waals surface area contributed by atoms with Gasteiger partial charge in [-0.3, -0.25) is 9.59 Å². The van der Waals surface area contributed by atoms with Crippen molar-refractivity contribution in [1.82, 2.24) is 4.90 Å². The molecule has 0 heterocycles. The highest BCUT2D eigenvalue weighted by Gasteiger charge is 2.21. The van der Waals surface area contributed by atoms with Crippen molar-refractivity contribution < 1.29 is 14.3 Å². The predicted molar refractivity (Wildman–Crippen MR) is 75.7 cm³/mol. The molecule has 0 saturated heterocycles. The van der Waals surface area contributed by atoms with E-state index in [1.54, 1.807) is 0 Å². The van der Waals surface area contributed by atoms with E-state index in [9.17, 15) is 9.59 Å². The minimum Gasteiger partial charge on any atom is -0.469 e. The van der Waals surface area contributed by atoms with Crippen LogP contribution in [0.15, 0.2) is 0 Å². The van der Waals surface area contributed by atoms with E-state index in [0.29, 0.717) is 12.2 Å². The zero-order chi connectivity index (χ0) is 14.3. The van der Waals surface area contributed by atoms with Crippen LogP contribution in [0.5, 0.6) is 0 Å². The molecule has 0 spiro atoms. The van der Waals surface area contributed by atoms with Gasteiger partial charge in [0.2, 0.25) is 5.91 Å². The third-order valence-electron chi connectivity index (χ3n) is 2.57. The largest absolute Gasteiger partial charge is 0.469 e. The standard InChI is InChI=1S/C13H25NO3S/c1-9(2)14(10(3)4)12(15)8-18-11(5)7-13(16)17-6/h9-11H,7-8H2,1-6H3. The lowest BCUT2D eigenvalue weighted by Crippen LogP contribution is -2.43. The Morgan fingerprint density at radius 3 is 2.00 bits per heavy atom. The summed E-state index contributed by atoms with van der Waals surface area (Å²) in [5.74, 6) is 0.308. The molecule has 5 heteroatoms. The van der Waals surface area contributed by atoms with Gasteiger partial charge in [-0.2, -0.15) is 0 Å². The molecule has 18 heavy (non-hydrogen) atoms. The number of carbonyl (C=O) groups excluding carboxylic acids is 2. The van der Waals surface area contributed by atoms with Gasteiger partial charge in [-0.15, -0.1) is 11.8 Å². The molecule has 1 amide bonds. The Morgan fingerprint density at radius 2 is 1.61 bits per heavy atom. The van der Waals surface area contributed by atoms with E-state index >= 15 is 0 Å². The Morgan fingerprint density at radius 1 is 1.11 bits per heavy atom. The fraction of sp³-hybridized carbons (Fsp3) is 0.846. The molecule has 0 saturated carbocycles. The van der Waals surface area contributed by atoms with E-state index in [1.165, 1.54) is 18.9 Å². The Balaban J connectivity index is 4.19. The number of thioether (sulfide) groups is 1. The van der Waals surface area contributed by atoms with Crippen LogP contribution in [0.25, 0.3) is 0 Å². The van der Waals surface area contributed by atoms with Crippen molar-refractivity contribution in [3.63, 3.8) is 0 Å². The highest BCUT2D eigenvalue weighted by atomic mass is 32.2. The smallest absolute Gasteiger partial charge is 0.306 e. The van der Waals surface area contributed by atoms with E-state index in [2.05, 4.69) is 4.74 Å². The molecule has 0 aliphatic carbocycles. The van der Waals surface area contributed by atoms with Crippen LogP contribution in [0.4, 0.5) is 0 Å². The highest BCUT2D eigenvalue weighted by molar-refractivity contribution is 8.00. The molecule has 106 valence electrons. The number of rotatable bonds is 7. The molecular formula is C13H25NO3S. The van der Waals surface area contributed by atoms with Crippen molar-refractivity contribution in [2.24, 2.45) is 0 Å². The molecule has 0 bridgehead atoms. The fourth-order valence-corrected chi connectivity index (χ4v) is 2.67. The summed E-state index contributed by atoms with van der Waals surface area (Å²) in [6.07, 6.45) is 0.345. The van der Waals surface area contributed by atoms with Crippen molar-refractivity contribution >= 4 is 23.6 Å². The van der Waals surface area contributed by atoms with Gasteiger partial charge in [-0.05, 0) is 27.7 Å². The summed E-state index contributed by atoms with van der Waals surface area (Å²) in [4.78, 5) is 25.0. The molecule has 0 aromatic carbocycles. The fourth-order valence-electron chi connectivity index (χ4n) is 1.84. The van der Waals surface area contributed by atoms with Crippen LogP contribution in [-0.4, -0.2) is 47.0 Å². The van der Waals surface area contributed by atoms with Crippen molar-refractivity contribution in [3.8, 4) is 0 Å². The van der Waals surface area contributed by atoms with Gasteiger partial charge in [-0.25, -0.2) is 0 Å². The summed E-state index contributed by atoms with van der Waals surface area (Å²) >= 11 is 1.50. The van der Waals surface area contributed by atoms with Crippen LogP contribution in [0.3, 0.4) is 0 Å². The highest BCUT2D eigenvalue weighted by Crippen LogP contribution is 2.17. The summed E-state index contributed by atoms with van der Waals surface area (Å²) in [7, 11) is 1.38. The van der Waals surface area contributed by atoms with Crippen molar-refractivity contribution in [2.45, 2.75) is 58.4 Å². The summed E-state index contributed by atoms with van der Waals surface area (Å²) in [5.41, 5.74) is 0. The lowest BCUT2D eigenvalue weighted by atomic mass is 10.2. The van der Waals surface area contributed by atoms with Crippen LogP contribution in [0.1, 0.15) is 41.0 Å². The summed E-state index contributed by atoms with van der Waals surface area (Å²) in [6.45, 7) is 9.99. The average Bonchev–Trinajstić information content (AvgIpc) is 2.25. The second kappa shape index (κ2) is 8.40. The zero-order valence-electron chi connectivity index (χ0n) is 12.2. The summed E-state index contributed by atoms with van der Waals surface area (Å²) in [6, 6.07) is 0.406. The first-order valence-corrected chi connectivity index (χ1v) is 7.34. The molecule has 0 radical (unpaired) electrons. The first-order valence-electron chi connectivity index (χ1n) is 6.29. The van der Waals surface area contributed by atoms with Crippen LogP contribution in [0.2, 0.25) is 0 Å². The Bertz CT molecular complexity index is 271. The molecule has 0 N–H and O–H groups in total. The van der Waals surface area contributed by atoms with Crippen molar-refractivity contribution in [3.05, 3.63) is 0 Å². The monoisotopic (exact) mass is 275 g/mol. The number of ether oxygens (including phenoxy) is 1. The average molecular weight is 275 g/mol. The maximum absolute atomic E-state index is 12.1. The van der Waals surface area contributed by atoms with Crippen molar-refractivity contribution in [1.29, 1.82) is 0 Å². The first kappa shape index (κ1) is 17.3. The lowest BCUT2D eigenvalue weighted by molar-refractivity contribution is -0.140. The number of carbonyl (C=O) groups is 2. The number of methoxy groups -OCH3 is 1. The van der Waals surface area contributed by atoms with Crippen LogP contribution >= 0.6 is 11.8 Å². The van der Waals surface area contributed by atoms with E-state index in [4.69, 9.17) is 0 Å². The molecule has 0 aliphatic heterocycles. The van der Waals surface area contributed by atoms with Crippen molar-refractivity contribution in [2.75, 3.05) is 12.9 Å². The lowest BCUT2D eigenvalue weighted by Gasteiger charge is -2.31. The molecular weight excluding hydrogens is 250 g/mol. The summed E-state index contributed by atoms with van der Waals surface area (Å²) in [5, 5.41) is 0.0996. The second-order valence-corrected chi connectivity index (χ2v) is 6.32. The quantitative estimate of drug-likeness (QED) is 0.669. The normalized spacial score (nSPS) is 12.7. The van der Waals surface area contributed by atoms with Gasteiger partial charge < -0.3 is 9.64 Å².